The van der Waals surface area contributed by atoms with Crippen LogP contribution in [0.25, 0.3) is 21.9 Å². The van der Waals surface area contributed by atoms with Gasteiger partial charge < -0.3 is 14.4 Å². The number of nitrogens with one attached hydrogen (secondary N) is 2. The Hall–Kier alpha value is -6.02. The lowest BCUT2D eigenvalue weighted by Crippen LogP contribution is -2.52. The first-order valence-corrected chi connectivity index (χ1v) is 18.0. The van der Waals surface area contributed by atoms with Crippen molar-refractivity contribution in [2.24, 2.45) is 5.41 Å². The number of fused-ring (bicyclic) bond motifs is 1. The Kier molecular flexibility index (Phi) is 9.12. The molecule has 6 aromatic rings. The van der Waals surface area contributed by atoms with Crippen LogP contribution in [-0.2, 0) is 6.42 Å². The van der Waals surface area contributed by atoms with Gasteiger partial charge in [-0.05, 0) is 78.3 Å². The number of methoxy groups -OCH3 is 1. The van der Waals surface area contributed by atoms with Gasteiger partial charge in [-0.1, -0.05) is 47.6 Å². The van der Waals surface area contributed by atoms with Gasteiger partial charge >= 0.3 is 0 Å². The van der Waals surface area contributed by atoms with E-state index in [1.54, 1.807) is 54.7 Å². The molecule has 12 nitrogen and oxygen atoms in total. The molecule has 2 aliphatic rings. The Bertz CT molecular complexity index is 2400. The topological polar surface area (TPSA) is 152 Å². The number of aromatic amines is 1. The number of piperidine rings is 1. The molecule has 0 radical (unpaired) electrons. The zero-order valence-corrected chi connectivity index (χ0v) is 29.5. The van der Waals surface area contributed by atoms with Crippen molar-refractivity contribution in [3.63, 3.8) is 0 Å². The summed E-state index contributed by atoms with van der Waals surface area (Å²) in [6.07, 6.45) is 6.64. The van der Waals surface area contributed by atoms with Crippen molar-refractivity contribution in [3.8, 4) is 22.1 Å². The molecule has 0 bridgehead atoms. The van der Waals surface area contributed by atoms with E-state index in [9.17, 15) is 14.4 Å². The Morgan fingerprint density at radius 2 is 1.75 bits per heavy atom. The first-order valence-electron chi connectivity index (χ1n) is 17.2. The summed E-state index contributed by atoms with van der Waals surface area (Å²) < 4.78 is 26.6. The lowest BCUT2D eigenvalue weighted by atomic mass is 9.61. The SMILES string of the molecule is COc1ccccc1-c1cnccc1C(=O)Nc1nnc(OC2CC3(CCN(C(=O)c4cc(Cc5n[nH]c(=O)c6ccccc56)ccc4F)CC3)C2)s1. The number of amides is 2. The van der Waals surface area contributed by atoms with Gasteiger partial charge in [-0.15, -0.1) is 5.10 Å². The number of carbonyl (C=O) groups excluding carboxylic acids is 2. The summed E-state index contributed by atoms with van der Waals surface area (Å²) in [6, 6.07) is 20.8. The Labute approximate surface area is 307 Å². The Morgan fingerprint density at radius 1 is 0.981 bits per heavy atom. The first kappa shape index (κ1) is 34.1. The predicted molar refractivity (Wildman–Crippen MR) is 197 cm³/mol. The summed E-state index contributed by atoms with van der Waals surface area (Å²) in [7, 11) is 1.58. The molecule has 1 saturated carbocycles. The standard InChI is InChI=1S/C39H34FN7O5S/c1-51-33-9-5-4-7-26(33)30-22-41-15-12-28(30)34(48)42-37-45-46-38(53-37)52-24-20-39(21-24)13-16-47(17-14-39)36(50)29-18-23(10-11-31(29)40)19-32-25-6-2-3-8-27(25)35(49)44-43-32/h2-12,15,18,22,24H,13-14,16-17,19-21H2,1H3,(H,44,49)(H,42,45,48). The van der Waals surface area contributed by atoms with Crippen molar-refractivity contribution in [2.45, 2.75) is 38.2 Å². The largest absolute Gasteiger partial charge is 0.496 e. The molecule has 3 aromatic heterocycles. The second kappa shape index (κ2) is 14.2. The molecule has 1 saturated heterocycles. The van der Waals surface area contributed by atoms with Crippen LogP contribution in [0.5, 0.6) is 10.9 Å². The normalized spacial score (nSPS) is 15.2. The third-order valence-electron chi connectivity index (χ3n) is 10.2. The molecular weight excluding hydrogens is 698 g/mol. The van der Waals surface area contributed by atoms with E-state index in [4.69, 9.17) is 9.47 Å². The van der Waals surface area contributed by atoms with Crippen LogP contribution in [0, 0.1) is 11.2 Å². The van der Waals surface area contributed by atoms with Gasteiger partial charge in [0.2, 0.25) is 5.13 Å². The number of hydrogen-bond donors (Lipinski definition) is 2. The maximum absolute atomic E-state index is 15.0. The third-order valence-corrected chi connectivity index (χ3v) is 10.9. The van der Waals surface area contributed by atoms with E-state index in [1.807, 2.05) is 36.4 Å². The van der Waals surface area contributed by atoms with E-state index in [-0.39, 0.29) is 34.5 Å². The van der Waals surface area contributed by atoms with Crippen LogP contribution in [-0.4, -0.2) is 68.4 Å². The van der Waals surface area contributed by atoms with Crippen LogP contribution in [0.15, 0.2) is 90.0 Å². The van der Waals surface area contributed by atoms with Crippen molar-refractivity contribution >= 4 is 39.1 Å². The summed E-state index contributed by atoms with van der Waals surface area (Å²) in [5.41, 5.74) is 2.95. The van der Waals surface area contributed by atoms with Crippen molar-refractivity contribution < 1.29 is 23.5 Å². The minimum Gasteiger partial charge on any atom is -0.496 e. The lowest BCUT2D eigenvalue weighted by molar-refractivity contribution is -0.0511. The molecule has 8 rings (SSSR count). The number of carbonyl (C=O) groups is 2. The molecule has 2 fully saturated rings. The van der Waals surface area contributed by atoms with E-state index in [2.05, 4.69) is 30.7 Å². The fourth-order valence-electron chi connectivity index (χ4n) is 7.39. The summed E-state index contributed by atoms with van der Waals surface area (Å²) in [4.78, 5) is 45.0. The minimum atomic E-state index is -0.569. The quantitative estimate of drug-likeness (QED) is 0.175. The maximum Gasteiger partial charge on any atom is 0.296 e. The molecular formula is C39H34FN7O5S. The van der Waals surface area contributed by atoms with Crippen molar-refractivity contribution in [1.29, 1.82) is 0 Å². The average Bonchev–Trinajstić information content (AvgIpc) is 3.62. The molecule has 1 aliphatic heterocycles. The fraction of sp³-hybridized carbons (Fsp3) is 0.256. The smallest absolute Gasteiger partial charge is 0.296 e. The van der Waals surface area contributed by atoms with Gasteiger partial charge in [0.25, 0.3) is 22.6 Å². The number of rotatable bonds is 9. The first-order chi connectivity index (χ1) is 25.8. The number of halogens is 1. The number of para-hydroxylation sites is 1. The number of likely N-dealkylation sites (tertiary alicyclic amines) is 1. The Balaban J connectivity index is 0.853. The zero-order valence-electron chi connectivity index (χ0n) is 28.7. The molecule has 3 aromatic carbocycles. The highest BCUT2D eigenvalue weighted by Gasteiger charge is 2.48. The number of H-pyrrole nitrogens is 1. The summed E-state index contributed by atoms with van der Waals surface area (Å²) >= 11 is 1.16. The number of ether oxygens (including phenoxy) is 2. The second-order valence-corrected chi connectivity index (χ2v) is 14.4. The summed E-state index contributed by atoms with van der Waals surface area (Å²) in [5, 5.41) is 19.8. The lowest BCUT2D eigenvalue weighted by Gasteiger charge is -2.51. The zero-order chi connectivity index (χ0) is 36.5. The molecule has 53 heavy (non-hydrogen) atoms. The van der Waals surface area contributed by atoms with E-state index in [0.29, 0.717) is 57.8 Å². The number of nitrogens with zero attached hydrogens (tertiary/aromatic N) is 5. The van der Waals surface area contributed by atoms with Gasteiger partial charge in [-0.25, -0.2) is 9.49 Å². The molecule has 0 unspecified atom stereocenters. The Morgan fingerprint density at radius 3 is 2.57 bits per heavy atom. The van der Waals surface area contributed by atoms with Gasteiger partial charge in [0.1, 0.15) is 17.7 Å². The molecule has 14 heteroatoms. The van der Waals surface area contributed by atoms with E-state index in [1.165, 1.54) is 6.07 Å². The van der Waals surface area contributed by atoms with Crippen LogP contribution in [0.3, 0.4) is 0 Å². The highest BCUT2D eigenvalue weighted by molar-refractivity contribution is 7.17. The number of pyridine rings is 1. The molecule has 2 N–H and O–H groups in total. The van der Waals surface area contributed by atoms with Crippen LogP contribution in [0.4, 0.5) is 9.52 Å². The second-order valence-electron chi connectivity index (χ2n) is 13.4. The van der Waals surface area contributed by atoms with Gasteiger partial charge in [0, 0.05) is 48.4 Å². The fourth-order valence-corrected chi connectivity index (χ4v) is 8.04. The van der Waals surface area contributed by atoms with Gasteiger partial charge in [0.05, 0.1) is 29.3 Å². The van der Waals surface area contributed by atoms with E-state index < -0.39 is 5.82 Å². The molecule has 0 atom stereocenters. The average molecular weight is 732 g/mol. The van der Waals surface area contributed by atoms with Gasteiger partial charge in [0.15, 0.2) is 0 Å². The van der Waals surface area contributed by atoms with Gasteiger partial charge in [-0.2, -0.15) is 5.10 Å². The molecule has 2 amide bonds. The van der Waals surface area contributed by atoms with Crippen molar-refractivity contribution in [1.82, 2.24) is 30.3 Å². The highest BCUT2D eigenvalue weighted by atomic mass is 32.1. The number of anilines is 1. The summed E-state index contributed by atoms with van der Waals surface area (Å²) in [5.74, 6) is -0.634. The molecule has 1 aliphatic carbocycles. The number of hydrogen-bond acceptors (Lipinski definition) is 10. The van der Waals surface area contributed by atoms with Gasteiger partial charge in [-0.3, -0.25) is 24.7 Å². The molecule has 1 spiro atoms. The molecule has 268 valence electrons. The monoisotopic (exact) mass is 731 g/mol. The predicted octanol–water partition coefficient (Wildman–Crippen LogP) is 6.29. The van der Waals surface area contributed by atoms with Crippen molar-refractivity contribution in [3.05, 3.63) is 124 Å². The maximum atomic E-state index is 15.0. The summed E-state index contributed by atoms with van der Waals surface area (Å²) in [6.45, 7) is 1.03. The third kappa shape index (κ3) is 6.85. The number of aromatic nitrogens is 5. The van der Waals surface area contributed by atoms with E-state index in [0.717, 1.165) is 53.5 Å². The van der Waals surface area contributed by atoms with Crippen LogP contribution in [0.1, 0.15) is 57.7 Å². The highest BCUT2D eigenvalue weighted by Crippen LogP contribution is 2.50. The van der Waals surface area contributed by atoms with Crippen molar-refractivity contribution in [2.75, 3.05) is 25.5 Å². The van der Waals surface area contributed by atoms with E-state index >= 15 is 4.39 Å². The van der Waals surface area contributed by atoms with Crippen LogP contribution < -0.4 is 20.3 Å². The van der Waals surface area contributed by atoms with Crippen LogP contribution >= 0.6 is 11.3 Å². The van der Waals surface area contributed by atoms with Crippen LogP contribution in [0.2, 0.25) is 0 Å². The number of benzene rings is 3. The minimum absolute atomic E-state index is 0.0288. The molecule has 4 heterocycles.